The molecule has 176 valence electrons. The largest absolute Gasteiger partial charge is 0.487 e. The third-order valence-corrected chi connectivity index (χ3v) is 6.47. The molecule has 0 saturated carbocycles. The number of ether oxygens (including phenoxy) is 1. The molecule has 0 spiro atoms. The highest BCUT2D eigenvalue weighted by Crippen LogP contribution is 2.39. The summed E-state index contributed by atoms with van der Waals surface area (Å²) in [6.45, 7) is 2.90. The average Bonchev–Trinajstić information content (AvgIpc) is 3.28. The van der Waals surface area contributed by atoms with E-state index in [0.717, 1.165) is 22.5 Å². The zero-order valence-electron chi connectivity index (χ0n) is 17.5. The third-order valence-electron chi connectivity index (χ3n) is 4.60. The van der Waals surface area contributed by atoms with Gasteiger partial charge in [-0.15, -0.1) is 0 Å². The van der Waals surface area contributed by atoms with Crippen molar-refractivity contribution in [2.24, 2.45) is 0 Å². The number of hydrogen-bond donors (Lipinski definition) is 1. The van der Waals surface area contributed by atoms with Gasteiger partial charge in [0.2, 0.25) is 5.09 Å². The fourth-order valence-electron chi connectivity index (χ4n) is 3.09. The Labute approximate surface area is 188 Å². The van der Waals surface area contributed by atoms with Crippen LogP contribution in [0.2, 0.25) is 0 Å². The lowest BCUT2D eigenvalue weighted by Crippen LogP contribution is -2.37. The Morgan fingerprint density at radius 3 is 2.30 bits per heavy atom. The molecular formula is C22H20F3NO6S. The number of alkyl halides is 3. The number of halogens is 3. The fourth-order valence-corrected chi connectivity index (χ4v) is 4.67. The van der Waals surface area contributed by atoms with Gasteiger partial charge in [-0.05, 0) is 61.9 Å². The van der Waals surface area contributed by atoms with Gasteiger partial charge in [0.25, 0.3) is 10.0 Å². The monoisotopic (exact) mass is 483 g/mol. The molecule has 0 aliphatic carbocycles. The van der Waals surface area contributed by atoms with Crippen LogP contribution in [-0.2, 0) is 22.8 Å². The molecule has 0 radical (unpaired) electrons. The molecule has 1 heterocycles. The number of rotatable bonds is 8. The number of carboxylic acids is 1. The molecule has 0 atom stereocenters. The standard InChI is InChI=1S/C22H20F3NO6S/c1-14(2)26(33(29,30)20-4-3-11-31-20)18-10-9-17(22(23,24)25)12-19(18)32-13-15-5-7-16(8-6-15)21(27)28/h3-12,14H,13H2,1-2H3,(H,27,28). The molecular weight excluding hydrogens is 463 g/mol. The van der Waals surface area contributed by atoms with E-state index in [1.807, 2.05) is 0 Å². The first-order valence-corrected chi connectivity index (χ1v) is 11.1. The van der Waals surface area contributed by atoms with E-state index >= 15 is 0 Å². The summed E-state index contributed by atoms with van der Waals surface area (Å²) in [4.78, 5) is 11.0. The molecule has 1 aromatic heterocycles. The molecule has 0 aliphatic rings. The first kappa shape index (κ1) is 24.2. The van der Waals surface area contributed by atoms with Gasteiger partial charge in [0.05, 0.1) is 23.1 Å². The number of sulfonamides is 1. The molecule has 0 saturated heterocycles. The molecule has 0 fully saturated rings. The van der Waals surface area contributed by atoms with Crippen molar-refractivity contribution in [1.82, 2.24) is 0 Å². The Morgan fingerprint density at radius 1 is 1.12 bits per heavy atom. The van der Waals surface area contributed by atoms with Crippen molar-refractivity contribution in [3.05, 3.63) is 77.6 Å². The number of hydrogen-bond acceptors (Lipinski definition) is 5. The van der Waals surface area contributed by atoms with Gasteiger partial charge in [-0.2, -0.15) is 21.6 Å². The quantitative estimate of drug-likeness (QED) is 0.474. The Kier molecular flexibility index (Phi) is 6.73. The summed E-state index contributed by atoms with van der Waals surface area (Å²) in [5.74, 6) is -1.44. The molecule has 3 rings (SSSR count). The van der Waals surface area contributed by atoms with Crippen molar-refractivity contribution in [2.45, 2.75) is 37.8 Å². The van der Waals surface area contributed by atoms with E-state index < -0.39 is 33.8 Å². The smallest absolute Gasteiger partial charge is 0.416 e. The van der Waals surface area contributed by atoms with Gasteiger partial charge in [0.15, 0.2) is 0 Å². The third kappa shape index (κ3) is 5.30. The molecule has 0 amide bonds. The summed E-state index contributed by atoms with van der Waals surface area (Å²) in [6, 6.07) is 10.0. The van der Waals surface area contributed by atoms with Crippen LogP contribution in [0.25, 0.3) is 0 Å². The van der Waals surface area contributed by atoms with Gasteiger partial charge in [-0.25, -0.2) is 4.79 Å². The van der Waals surface area contributed by atoms with Crippen LogP contribution in [0.3, 0.4) is 0 Å². The summed E-state index contributed by atoms with van der Waals surface area (Å²) in [5.41, 5.74) is -0.597. The van der Waals surface area contributed by atoms with E-state index in [9.17, 15) is 26.4 Å². The lowest BCUT2D eigenvalue weighted by Gasteiger charge is -2.29. The van der Waals surface area contributed by atoms with E-state index in [1.165, 1.54) is 42.7 Å². The molecule has 3 aromatic rings. The zero-order valence-corrected chi connectivity index (χ0v) is 18.4. The van der Waals surface area contributed by atoms with Gasteiger partial charge in [0.1, 0.15) is 12.4 Å². The molecule has 0 unspecified atom stereocenters. The Morgan fingerprint density at radius 2 is 1.79 bits per heavy atom. The number of furan rings is 1. The van der Waals surface area contributed by atoms with Crippen molar-refractivity contribution < 1.29 is 40.6 Å². The minimum Gasteiger partial charge on any atom is -0.487 e. The molecule has 7 nitrogen and oxygen atoms in total. The maximum Gasteiger partial charge on any atom is 0.416 e. The van der Waals surface area contributed by atoms with E-state index in [0.29, 0.717) is 5.56 Å². The van der Waals surface area contributed by atoms with E-state index in [1.54, 1.807) is 13.8 Å². The average molecular weight is 483 g/mol. The number of anilines is 1. The SMILES string of the molecule is CC(C)N(c1ccc(C(F)(F)F)cc1OCc1ccc(C(=O)O)cc1)S(=O)(=O)c1ccco1. The lowest BCUT2D eigenvalue weighted by atomic mass is 10.1. The van der Waals surface area contributed by atoms with E-state index in [4.69, 9.17) is 14.3 Å². The molecule has 1 N–H and O–H groups in total. The molecule has 0 bridgehead atoms. The fraction of sp³-hybridized carbons (Fsp3) is 0.227. The summed E-state index contributed by atoms with van der Waals surface area (Å²) in [5, 5.41) is 8.62. The van der Waals surface area contributed by atoms with E-state index in [-0.39, 0.29) is 28.7 Å². The van der Waals surface area contributed by atoms with Crippen LogP contribution < -0.4 is 9.04 Å². The topological polar surface area (TPSA) is 97.0 Å². The highest BCUT2D eigenvalue weighted by molar-refractivity contribution is 7.92. The zero-order chi connectivity index (χ0) is 24.4. The molecule has 0 aliphatic heterocycles. The van der Waals surface area contributed by atoms with Crippen LogP contribution in [0.15, 0.2) is 70.4 Å². The Hall–Kier alpha value is -3.47. The van der Waals surface area contributed by atoms with E-state index in [2.05, 4.69) is 0 Å². The number of carboxylic acid groups (broad SMARTS) is 1. The minimum atomic E-state index is -4.68. The van der Waals surface area contributed by atoms with Gasteiger partial charge >= 0.3 is 12.1 Å². The van der Waals surface area contributed by atoms with Crippen LogP contribution in [0.5, 0.6) is 5.75 Å². The van der Waals surface area contributed by atoms with Crippen LogP contribution >= 0.6 is 0 Å². The van der Waals surface area contributed by atoms with Crippen molar-refractivity contribution in [3.63, 3.8) is 0 Å². The maximum absolute atomic E-state index is 13.3. The second kappa shape index (κ2) is 9.18. The number of carbonyl (C=O) groups is 1. The van der Waals surface area contributed by atoms with Crippen molar-refractivity contribution in [3.8, 4) is 5.75 Å². The summed E-state index contributed by atoms with van der Waals surface area (Å²) in [7, 11) is -4.24. The Bertz CT molecular complexity index is 1220. The minimum absolute atomic E-state index is 0.0361. The number of benzene rings is 2. The van der Waals surface area contributed by atoms with Crippen LogP contribution in [-0.4, -0.2) is 25.5 Å². The van der Waals surface area contributed by atoms with Crippen LogP contribution in [0, 0.1) is 0 Å². The van der Waals surface area contributed by atoms with Gasteiger partial charge in [-0.1, -0.05) is 12.1 Å². The first-order chi connectivity index (χ1) is 15.4. The highest BCUT2D eigenvalue weighted by atomic mass is 32.2. The number of nitrogens with zero attached hydrogens (tertiary/aromatic N) is 1. The highest BCUT2D eigenvalue weighted by Gasteiger charge is 2.35. The van der Waals surface area contributed by atoms with Crippen LogP contribution in [0.1, 0.15) is 35.3 Å². The first-order valence-electron chi connectivity index (χ1n) is 9.65. The molecule has 11 heteroatoms. The van der Waals surface area contributed by atoms with Crippen molar-refractivity contribution in [2.75, 3.05) is 4.31 Å². The van der Waals surface area contributed by atoms with Gasteiger partial charge in [0, 0.05) is 6.04 Å². The Balaban J connectivity index is 2.04. The predicted molar refractivity (Wildman–Crippen MR) is 113 cm³/mol. The second-order valence-electron chi connectivity index (χ2n) is 7.30. The van der Waals surface area contributed by atoms with Crippen molar-refractivity contribution >= 4 is 21.7 Å². The normalized spacial score (nSPS) is 12.1. The van der Waals surface area contributed by atoms with Crippen molar-refractivity contribution in [1.29, 1.82) is 0 Å². The summed E-state index contributed by atoms with van der Waals surface area (Å²) >= 11 is 0. The summed E-state index contributed by atoms with van der Waals surface area (Å²) in [6.07, 6.45) is -3.50. The van der Waals surface area contributed by atoms with Crippen LogP contribution in [0.4, 0.5) is 18.9 Å². The molecule has 2 aromatic carbocycles. The predicted octanol–water partition coefficient (Wildman–Crippen LogP) is 5.18. The lowest BCUT2D eigenvalue weighted by molar-refractivity contribution is -0.137. The maximum atomic E-state index is 13.3. The van der Waals surface area contributed by atoms with Gasteiger partial charge in [-0.3, -0.25) is 4.31 Å². The summed E-state index contributed by atoms with van der Waals surface area (Å²) < 4.78 is 77.9. The van der Waals surface area contributed by atoms with Gasteiger partial charge < -0.3 is 14.3 Å². The number of aromatic carboxylic acids is 1. The second-order valence-corrected chi connectivity index (χ2v) is 9.04. The molecule has 33 heavy (non-hydrogen) atoms.